The van der Waals surface area contributed by atoms with E-state index in [4.69, 9.17) is 9.73 Å². The third-order valence-corrected chi connectivity index (χ3v) is 4.25. The zero-order valence-corrected chi connectivity index (χ0v) is 19.0. The van der Waals surface area contributed by atoms with E-state index in [2.05, 4.69) is 69.5 Å². The van der Waals surface area contributed by atoms with Gasteiger partial charge in [-0.25, -0.2) is 0 Å². The summed E-state index contributed by atoms with van der Waals surface area (Å²) in [4.78, 5) is 6.99. The number of nitrogens with zero attached hydrogens (tertiary/aromatic N) is 2. The first-order valence-electron chi connectivity index (χ1n) is 8.74. The molecular weight excluding hydrogens is 427 g/mol. The van der Waals surface area contributed by atoms with Gasteiger partial charge in [-0.2, -0.15) is 0 Å². The van der Waals surface area contributed by atoms with Crippen LogP contribution in [-0.2, 0) is 0 Å². The fourth-order valence-electron chi connectivity index (χ4n) is 2.27. The number of methoxy groups -OCH3 is 1. The highest BCUT2D eigenvalue weighted by molar-refractivity contribution is 14.0. The Morgan fingerprint density at radius 2 is 1.76 bits per heavy atom. The third-order valence-electron chi connectivity index (χ3n) is 4.25. The van der Waals surface area contributed by atoms with E-state index < -0.39 is 0 Å². The number of hydrogen-bond acceptors (Lipinski definition) is 3. The maximum absolute atomic E-state index is 5.24. The topological polar surface area (TPSA) is 48.9 Å². The molecule has 0 saturated heterocycles. The molecule has 0 aliphatic heterocycles. The van der Waals surface area contributed by atoms with Gasteiger partial charge >= 0.3 is 0 Å². The minimum absolute atomic E-state index is 0. The van der Waals surface area contributed by atoms with Gasteiger partial charge in [-0.1, -0.05) is 26.0 Å². The van der Waals surface area contributed by atoms with Crippen LogP contribution in [0.4, 0.5) is 0 Å². The SMILES string of the molecule is CCNC(=NCC(c1ccc(OC)cc1)N(C)C)NC(C)C(C)C.I. The van der Waals surface area contributed by atoms with Crippen molar-refractivity contribution in [3.63, 3.8) is 0 Å². The summed E-state index contributed by atoms with van der Waals surface area (Å²) in [5, 5.41) is 6.81. The van der Waals surface area contributed by atoms with Gasteiger partial charge in [0.25, 0.3) is 0 Å². The van der Waals surface area contributed by atoms with Crippen molar-refractivity contribution in [2.75, 3.05) is 34.3 Å². The molecule has 0 aliphatic rings. The molecule has 1 rings (SSSR count). The molecule has 1 aromatic carbocycles. The van der Waals surface area contributed by atoms with Gasteiger partial charge in [-0.15, -0.1) is 24.0 Å². The Hall–Kier alpha value is -1.02. The lowest BCUT2D eigenvalue weighted by atomic mass is 10.1. The first kappa shape index (κ1) is 24.0. The van der Waals surface area contributed by atoms with E-state index >= 15 is 0 Å². The number of benzene rings is 1. The first-order valence-corrected chi connectivity index (χ1v) is 8.74. The summed E-state index contributed by atoms with van der Waals surface area (Å²) in [7, 11) is 5.86. The predicted octanol–water partition coefficient (Wildman–Crippen LogP) is 3.52. The van der Waals surface area contributed by atoms with Gasteiger partial charge in [-0.3, -0.25) is 4.99 Å². The van der Waals surface area contributed by atoms with Crippen molar-refractivity contribution in [2.45, 2.75) is 39.8 Å². The lowest BCUT2D eigenvalue weighted by Gasteiger charge is -2.25. The van der Waals surface area contributed by atoms with Gasteiger partial charge in [0.05, 0.1) is 19.7 Å². The van der Waals surface area contributed by atoms with E-state index in [0.29, 0.717) is 18.5 Å². The Bertz CT molecular complexity index is 503. The van der Waals surface area contributed by atoms with Gasteiger partial charge < -0.3 is 20.3 Å². The highest BCUT2D eigenvalue weighted by Gasteiger charge is 2.15. The van der Waals surface area contributed by atoms with Crippen LogP contribution in [0.3, 0.4) is 0 Å². The molecule has 6 heteroatoms. The molecule has 5 nitrogen and oxygen atoms in total. The van der Waals surface area contributed by atoms with Crippen LogP contribution in [0.25, 0.3) is 0 Å². The second-order valence-electron chi connectivity index (χ2n) is 6.65. The molecular formula is C19H35IN4O. The van der Waals surface area contributed by atoms with E-state index in [1.165, 1.54) is 5.56 Å². The van der Waals surface area contributed by atoms with Crippen LogP contribution in [-0.4, -0.2) is 51.2 Å². The minimum atomic E-state index is 0. The second-order valence-corrected chi connectivity index (χ2v) is 6.65. The van der Waals surface area contributed by atoms with Crippen molar-refractivity contribution in [3.05, 3.63) is 29.8 Å². The maximum atomic E-state index is 5.24. The fraction of sp³-hybridized carbons (Fsp3) is 0.632. The highest BCUT2D eigenvalue weighted by atomic mass is 127. The molecule has 0 radical (unpaired) electrons. The van der Waals surface area contributed by atoms with Crippen LogP contribution in [0.5, 0.6) is 5.75 Å². The second kappa shape index (κ2) is 12.4. The Morgan fingerprint density at radius 1 is 1.16 bits per heavy atom. The average Bonchev–Trinajstić information content (AvgIpc) is 2.55. The molecule has 0 amide bonds. The Morgan fingerprint density at radius 3 is 2.20 bits per heavy atom. The summed E-state index contributed by atoms with van der Waals surface area (Å²) in [5.41, 5.74) is 1.23. The summed E-state index contributed by atoms with van der Waals surface area (Å²) in [6.07, 6.45) is 0. The molecule has 0 bridgehead atoms. The molecule has 2 atom stereocenters. The summed E-state index contributed by atoms with van der Waals surface area (Å²) in [6, 6.07) is 8.81. The van der Waals surface area contributed by atoms with Crippen molar-refractivity contribution in [2.24, 2.45) is 10.9 Å². The number of ether oxygens (including phenoxy) is 1. The van der Waals surface area contributed by atoms with E-state index in [1.807, 2.05) is 12.1 Å². The lowest BCUT2D eigenvalue weighted by molar-refractivity contribution is 0.305. The molecule has 0 heterocycles. The lowest BCUT2D eigenvalue weighted by Crippen LogP contribution is -2.44. The maximum Gasteiger partial charge on any atom is 0.191 e. The normalized spacial score (nSPS) is 14.0. The number of aliphatic imine (C=N–C) groups is 1. The van der Waals surface area contributed by atoms with Crippen molar-refractivity contribution in [3.8, 4) is 5.75 Å². The number of rotatable bonds is 8. The van der Waals surface area contributed by atoms with Crippen LogP contribution in [0.1, 0.15) is 39.3 Å². The molecule has 0 spiro atoms. The molecule has 25 heavy (non-hydrogen) atoms. The molecule has 0 fully saturated rings. The van der Waals surface area contributed by atoms with Crippen molar-refractivity contribution in [1.82, 2.24) is 15.5 Å². The van der Waals surface area contributed by atoms with E-state index in [9.17, 15) is 0 Å². The van der Waals surface area contributed by atoms with Crippen LogP contribution < -0.4 is 15.4 Å². The fourth-order valence-corrected chi connectivity index (χ4v) is 2.27. The zero-order chi connectivity index (χ0) is 18.1. The monoisotopic (exact) mass is 462 g/mol. The van der Waals surface area contributed by atoms with Crippen molar-refractivity contribution >= 4 is 29.9 Å². The Labute approximate surface area is 170 Å². The van der Waals surface area contributed by atoms with E-state index in [0.717, 1.165) is 18.3 Å². The largest absolute Gasteiger partial charge is 0.497 e. The molecule has 1 aromatic rings. The zero-order valence-electron chi connectivity index (χ0n) is 16.7. The van der Waals surface area contributed by atoms with Crippen LogP contribution in [0, 0.1) is 5.92 Å². The van der Waals surface area contributed by atoms with E-state index in [-0.39, 0.29) is 30.0 Å². The van der Waals surface area contributed by atoms with Gasteiger partial charge in [0.15, 0.2) is 5.96 Å². The van der Waals surface area contributed by atoms with Gasteiger partial charge in [0.2, 0.25) is 0 Å². The van der Waals surface area contributed by atoms with Crippen LogP contribution in [0.2, 0.25) is 0 Å². The number of guanidine groups is 1. The highest BCUT2D eigenvalue weighted by Crippen LogP contribution is 2.21. The van der Waals surface area contributed by atoms with Crippen LogP contribution in [0.15, 0.2) is 29.3 Å². The Kier molecular flexibility index (Phi) is 11.8. The summed E-state index contributed by atoms with van der Waals surface area (Å²) >= 11 is 0. The molecule has 0 saturated carbocycles. The molecule has 2 unspecified atom stereocenters. The average molecular weight is 462 g/mol. The Balaban J connectivity index is 0.00000576. The molecule has 2 N–H and O–H groups in total. The quantitative estimate of drug-likeness (QED) is 0.353. The summed E-state index contributed by atoms with van der Waals surface area (Å²) < 4.78 is 5.24. The molecule has 0 aromatic heterocycles. The molecule has 144 valence electrons. The van der Waals surface area contributed by atoms with Crippen LogP contribution >= 0.6 is 24.0 Å². The van der Waals surface area contributed by atoms with Gasteiger partial charge in [0.1, 0.15) is 5.75 Å². The van der Waals surface area contributed by atoms with Crippen molar-refractivity contribution < 1.29 is 4.74 Å². The van der Waals surface area contributed by atoms with Gasteiger partial charge in [-0.05, 0) is 51.6 Å². The number of hydrogen-bond donors (Lipinski definition) is 2. The predicted molar refractivity (Wildman–Crippen MR) is 118 cm³/mol. The molecule has 0 aliphatic carbocycles. The first-order chi connectivity index (χ1) is 11.4. The standard InChI is InChI=1S/C19H34N4O.HI/c1-8-20-19(22-15(4)14(2)3)21-13-18(23(5)6)16-9-11-17(24-7)12-10-16;/h9-12,14-15,18H,8,13H2,1-7H3,(H2,20,21,22);1H. The number of halogens is 1. The minimum Gasteiger partial charge on any atom is -0.497 e. The third kappa shape index (κ3) is 8.27. The number of likely N-dealkylation sites (N-methyl/N-ethyl adjacent to an activating group) is 1. The van der Waals surface area contributed by atoms with Crippen molar-refractivity contribution in [1.29, 1.82) is 0 Å². The van der Waals surface area contributed by atoms with Gasteiger partial charge in [0, 0.05) is 12.6 Å². The smallest absolute Gasteiger partial charge is 0.191 e. The summed E-state index contributed by atoms with van der Waals surface area (Å²) in [5.74, 6) is 2.31. The van der Waals surface area contributed by atoms with E-state index in [1.54, 1.807) is 7.11 Å². The number of nitrogens with one attached hydrogen (secondary N) is 2. The summed E-state index contributed by atoms with van der Waals surface area (Å²) in [6.45, 7) is 10.2.